The number of carbonyl (C=O) groups excluding carboxylic acids is 1. The number of benzene rings is 1. The van der Waals surface area contributed by atoms with Crippen LogP contribution in [0.2, 0.25) is 0 Å². The molecule has 2 atom stereocenters. The molecule has 1 fully saturated rings. The van der Waals surface area contributed by atoms with Crippen molar-refractivity contribution >= 4 is 15.9 Å². The zero-order valence-electron chi connectivity index (χ0n) is 13.6. The van der Waals surface area contributed by atoms with E-state index >= 15 is 0 Å². The van der Waals surface area contributed by atoms with Crippen LogP contribution in [0.4, 0.5) is 0 Å². The second-order valence-corrected chi connectivity index (χ2v) is 7.85. The van der Waals surface area contributed by atoms with E-state index in [-0.39, 0.29) is 16.8 Å². The van der Waals surface area contributed by atoms with E-state index in [9.17, 15) is 13.2 Å². The second-order valence-electron chi connectivity index (χ2n) is 5.97. The molecule has 23 heavy (non-hydrogen) atoms. The highest BCUT2D eigenvalue weighted by Crippen LogP contribution is 2.18. The van der Waals surface area contributed by atoms with Crippen LogP contribution in [-0.2, 0) is 14.8 Å². The van der Waals surface area contributed by atoms with Gasteiger partial charge in [0.25, 0.3) is 0 Å². The number of carbonyl (C=O) groups is 1. The van der Waals surface area contributed by atoms with Crippen molar-refractivity contribution in [2.45, 2.75) is 37.1 Å². The van der Waals surface area contributed by atoms with E-state index < -0.39 is 10.0 Å². The van der Waals surface area contributed by atoms with Gasteiger partial charge in [0.15, 0.2) is 0 Å². The van der Waals surface area contributed by atoms with Crippen molar-refractivity contribution in [2.24, 2.45) is 5.92 Å². The van der Waals surface area contributed by atoms with Crippen LogP contribution in [0, 0.1) is 5.92 Å². The molecule has 6 nitrogen and oxygen atoms in total. The van der Waals surface area contributed by atoms with E-state index in [2.05, 4.69) is 15.4 Å². The first-order chi connectivity index (χ1) is 10.9. The number of amides is 1. The van der Waals surface area contributed by atoms with Gasteiger partial charge in [-0.25, -0.2) is 13.1 Å². The summed E-state index contributed by atoms with van der Waals surface area (Å²) >= 11 is 0. The highest BCUT2D eigenvalue weighted by Gasteiger charge is 2.18. The first-order valence-corrected chi connectivity index (χ1v) is 9.44. The summed E-state index contributed by atoms with van der Waals surface area (Å²) in [5, 5.41) is 6.24. The quantitative estimate of drug-likeness (QED) is 0.696. The largest absolute Gasteiger partial charge is 0.350 e. The van der Waals surface area contributed by atoms with E-state index in [0.29, 0.717) is 12.3 Å². The molecule has 1 aromatic carbocycles. The Morgan fingerprint density at radius 3 is 2.87 bits per heavy atom. The molecule has 1 aromatic rings. The van der Waals surface area contributed by atoms with Crippen LogP contribution < -0.4 is 15.4 Å². The molecule has 0 saturated carbocycles. The Hall–Kier alpha value is -1.44. The van der Waals surface area contributed by atoms with Crippen LogP contribution in [-0.4, -0.2) is 34.5 Å². The zero-order chi connectivity index (χ0) is 16.9. The summed E-state index contributed by atoms with van der Waals surface area (Å²) in [6.07, 6.45) is 2.53. The third kappa shape index (κ3) is 5.02. The van der Waals surface area contributed by atoms with Crippen molar-refractivity contribution in [1.29, 1.82) is 0 Å². The van der Waals surface area contributed by atoms with Crippen LogP contribution in [0.5, 0.6) is 0 Å². The Morgan fingerprint density at radius 1 is 1.43 bits per heavy atom. The maximum absolute atomic E-state index is 12.1. The summed E-state index contributed by atoms with van der Waals surface area (Å²) in [6, 6.07) is 6.41. The molecule has 0 radical (unpaired) electrons. The molecule has 2 rings (SSSR count). The number of hydrogen-bond donors (Lipinski definition) is 3. The maximum atomic E-state index is 12.1. The van der Waals surface area contributed by atoms with E-state index in [1.54, 1.807) is 12.1 Å². The summed E-state index contributed by atoms with van der Waals surface area (Å²) in [4.78, 5) is 12.3. The van der Waals surface area contributed by atoms with Gasteiger partial charge in [-0.3, -0.25) is 4.79 Å². The van der Waals surface area contributed by atoms with Gasteiger partial charge in [0.2, 0.25) is 15.9 Å². The van der Waals surface area contributed by atoms with E-state index in [1.807, 2.05) is 13.0 Å². The number of sulfonamides is 1. The summed E-state index contributed by atoms with van der Waals surface area (Å²) in [7, 11) is -2.09. The van der Waals surface area contributed by atoms with Crippen molar-refractivity contribution in [1.82, 2.24) is 15.4 Å². The standard InChI is InChI=1S/C16H25N3O3S/c1-12(19-16(20)7-6-13-8-9-18-11-13)14-4-3-5-15(10-14)23(21,22)17-2/h3-5,10,12-13,17-18H,6-9,11H2,1-2H3,(H,19,20). The lowest BCUT2D eigenvalue weighted by atomic mass is 10.0. The lowest BCUT2D eigenvalue weighted by Crippen LogP contribution is -2.27. The Bertz CT molecular complexity index is 640. The summed E-state index contributed by atoms with van der Waals surface area (Å²) in [6.45, 7) is 3.89. The molecule has 7 heteroatoms. The maximum Gasteiger partial charge on any atom is 0.240 e. The number of nitrogens with one attached hydrogen (secondary N) is 3. The molecule has 2 unspecified atom stereocenters. The van der Waals surface area contributed by atoms with Crippen molar-refractivity contribution in [3.63, 3.8) is 0 Å². The van der Waals surface area contributed by atoms with Crippen LogP contribution in [0.1, 0.15) is 37.8 Å². The Labute approximate surface area is 138 Å². The fourth-order valence-corrected chi connectivity index (χ4v) is 3.55. The molecule has 0 bridgehead atoms. The number of rotatable bonds is 7. The van der Waals surface area contributed by atoms with Crippen molar-refractivity contribution < 1.29 is 13.2 Å². The third-order valence-electron chi connectivity index (χ3n) is 4.26. The molecule has 0 spiro atoms. The van der Waals surface area contributed by atoms with Crippen molar-refractivity contribution in [3.05, 3.63) is 29.8 Å². The van der Waals surface area contributed by atoms with Crippen molar-refractivity contribution in [3.8, 4) is 0 Å². The van der Waals surface area contributed by atoms with E-state index in [1.165, 1.54) is 13.1 Å². The van der Waals surface area contributed by atoms with Gasteiger partial charge in [0.05, 0.1) is 10.9 Å². The SMILES string of the molecule is CNS(=O)(=O)c1cccc(C(C)NC(=O)CCC2CCNC2)c1. The molecular weight excluding hydrogens is 314 g/mol. The molecule has 1 aliphatic rings. The molecule has 0 aromatic heterocycles. The van der Waals surface area contributed by atoms with Gasteiger partial charge < -0.3 is 10.6 Å². The smallest absolute Gasteiger partial charge is 0.240 e. The Balaban J connectivity index is 1.93. The molecule has 1 aliphatic heterocycles. The molecule has 3 N–H and O–H groups in total. The van der Waals surface area contributed by atoms with Gasteiger partial charge >= 0.3 is 0 Å². The summed E-state index contributed by atoms with van der Waals surface area (Å²) in [5.74, 6) is 0.589. The average molecular weight is 339 g/mol. The van der Waals surface area contributed by atoms with Gasteiger partial charge in [-0.05, 0) is 63.5 Å². The molecule has 1 saturated heterocycles. The lowest BCUT2D eigenvalue weighted by Gasteiger charge is -2.16. The highest BCUT2D eigenvalue weighted by molar-refractivity contribution is 7.89. The predicted octanol–water partition coefficient (Wildman–Crippen LogP) is 1.16. The second kappa shape index (κ2) is 7.90. The first-order valence-electron chi connectivity index (χ1n) is 7.96. The molecule has 1 amide bonds. The topological polar surface area (TPSA) is 87.3 Å². The van der Waals surface area contributed by atoms with Gasteiger partial charge in [-0.1, -0.05) is 12.1 Å². The van der Waals surface area contributed by atoms with Gasteiger partial charge in [-0.15, -0.1) is 0 Å². The Morgan fingerprint density at radius 2 is 2.22 bits per heavy atom. The fraction of sp³-hybridized carbons (Fsp3) is 0.562. The minimum absolute atomic E-state index is 0.00581. The summed E-state index contributed by atoms with van der Waals surface area (Å²) in [5.41, 5.74) is 0.775. The molecular formula is C16H25N3O3S. The minimum Gasteiger partial charge on any atom is -0.350 e. The minimum atomic E-state index is -3.47. The van der Waals surface area contributed by atoms with Crippen LogP contribution >= 0.6 is 0 Å². The van der Waals surface area contributed by atoms with Gasteiger partial charge in [0, 0.05) is 6.42 Å². The Kier molecular flexibility index (Phi) is 6.15. The molecule has 0 aliphatic carbocycles. The van der Waals surface area contributed by atoms with Crippen LogP contribution in [0.15, 0.2) is 29.2 Å². The van der Waals surface area contributed by atoms with Gasteiger partial charge in [-0.2, -0.15) is 0 Å². The monoisotopic (exact) mass is 339 g/mol. The predicted molar refractivity (Wildman–Crippen MR) is 89.5 cm³/mol. The molecule has 1 heterocycles. The normalized spacial score (nSPS) is 19.5. The molecule has 128 valence electrons. The first kappa shape index (κ1) is 17.9. The van der Waals surface area contributed by atoms with Crippen molar-refractivity contribution in [2.75, 3.05) is 20.1 Å². The van der Waals surface area contributed by atoms with Crippen LogP contribution in [0.3, 0.4) is 0 Å². The zero-order valence-corrected chi connectivity index (χ0v) is 14.4. The number of hydrogen-bond acceptors (Lipinski definition) is 4. The lowest BCUT2D eigenvalue weighted by molar-refractivity contribution is -0.122. The van der Waals surface area contributed by atoms with Crippen LogP contribution in [0.25, 0.3) is 0 Å². The average Bonchev–Trinajstić information content (AvgIpc) is 3.06. The van der Waals surface area contributed by atoms with E-state index in [0.717, 1.165) is 31.5 Å². The third-order valence-corrected chi connectivity index (χ3v) is 5.67. The fourth-order valence-electron chi connectivity index (χ4n) is 2.76. The van der Waals surface area contributed by atoms with Gasteiger partial charge in [0.1, 0.15) is 0 Å². The van der Waals surface area contributed by atoms with E-state index in [4.69, 9.17) is 0 Å². The summed E-state index contributed by atoms with van der Waals surface area (Å²) < 4.78 is 26.0. The highest BCUT2D eigenvalue weighted by atomic mass is 32.2.